The lowest BCUT2D eigenvalue weighted by Gasteiger charge is -2.15. The summed E-state index contributed by atoms with van der Waals surface area (Å²) < 4.78 is 5.15. The van der Waals surface area contributed by atoms with Crippen molar-refractivity contribution in [3.63, 3.8) is 0 Å². The lowest BCUT2D eigenvalue weighted by atomic mass is 9.98. The van der Waals surface area contributed by atoms with Crippen molar-refractivity contribution in [1.82, 2.24) is 4.57 Å². The van der Waals surface area contributed by atoms with Crippen LogP contribution in [-0.2, 0) is 0 Å². The standard InChI is InChI=1S/C38H23NS2/c1-5-16-32-28(13-1)37-29-14-3-7-18-34(29)41-35-19-8-4-15-30(35)38(37)39(32)26-11-9-10-24(22-26)25-20-21-36-31(23-25)27-12-2-6-17-33(27)40-36/h1-23H. The van der Waals surface area contributed by atoms with E-state index in [9.17, 15) is 0 Å². The Labute approximate surface area is 246 Å². The van der Waals surface area contributed by atoms with Gasteiger partial charge in [-0.05, 0) is 65.2 Å². The van der Waals surface area contributed by atoms with Crippen LogP contribution in [0.15, 0.2) is 149 Å². The minimum Gasteiger partial charge on any atom is -0.309 e. The normalized spacial score (nSPS) is 12.3. The fraction of sp³-hybridized carbons (Fsp3) is 0. The molecule has 0 fully saturated rings. The Hall–Kier alpha value is -4.57. The van der Waals surface area contributed by atoms with Gasteiger partial charge in [0, 0.05) is 52.2 Å². The molecule has 0 N–H and O–H groups in total. The second-order valence-corrected chi connectivity index (χ2v) is 12.7. The first-order valence-electron chi connectivity index (χ1n) is 13.9. The van der Waals surface area contributed by atoms with Crippen LogP contribution in [0.2, 0.25) is 0 Å². The quantitative estimate of drug-likeness (QED) is 0.205. The van der Waals surface area contributed by atoms with E-state index in [1.807, 2.05) is 23.1 Å². The summed E-state index contributed by atoms with van der Waals surface area (Å²) in [7, 11) is 0. The molecule has 41 heavy (non-hydrogen) atoms. The van der Waals surface area contributed by atoms with Crippen molar-refractivity contribution in [1.29, 1.82) is 0 Å². The summed E-state index contributed by atoms with van der Waals surface area (Å²) in [4.78, 5) is 2.58. The van der Waals surface area contributed by atoms with Gasteiger partial charge in [-0.25, -0.2) is 0 Å². The average Bonchev–Trinajstić information content (AvgIpc) is 3.53. The van der Waals surface area contributed by atoms with E-state index in [1.54, 1.807) is 0 Å². The predicted molar refractivity (Wildman–Crippen MR) is 177 cm³/mol. The van der Waals surface area contributed by atoms with Crippen molar-refractivity contribution in [3.05, 3.63) is 140 Å². The summed E-state index contributed by atoms with van der Waals surface area (Å²) in [6.45, 7) is 0. The minimum absolute atomic E-state index is 1.18. The van der Waals surface area contributed by atoms with E-state index >= 15 is 0 Å². The molecule has 0 bridgehead atoms. The molecule has 6 aromatic carbocycles. The van der Waals surface area contributed by atoms with Gasteiger partial charge in [-0.15, -0.1) is 11.3 Å². The van der Waals surface area contributed by atoms with Crippen LogP contribution in [0.3, 0.4) is 0 Å². The molecule has 0 saturated heterocycles. The van der Waals surface area contributed by atoms with Gasteiger partial charge in [0.05, 0.1) is 11.2 Å². The van der Waals surface area contributed by atoms with Gasteiger partial charge in [0.15, 0.2) is 0 Å². The maximum atomic E-state index is 2.48. The van der Waals surface area contributed by atoms with Crippen molar-refractivity contribution in [2.75, 3.05) is 0 Å². The van der Waals surface area contributed by atoms with Crippen molar-refractivity contribution >= 4 is 54.2 Å². The molecule has 3 heterocycles. The number of thiophene rings is 1. The van der Waals surface area contributed by atoms with E-state index in [2.05, 4.69) is 144 Å². The highest BCUT2D eigenvalue weighted by molar-refractivity contribution is 7.99. The zero-order valence-corrected chi connectivity index (χ0v) is 23.7. The van der Waals surface area contributed by atoms with Crippen molar-refractivity contribution in [2.45, 2.75) is 9.79 Å². The molecule has 192 valence electrons. The molecule has 0 saturated carbocycles. The summed E-state index contributed by atoms with van der Waals surface area (Å²) in [5, 5.41) is 3.94. The smallest absolute Gasteiger partial charge is 0.0631 e. The summed E-state index contributed by atoms with van der Waals surface area (Å²) in [6.07, 6.45) is 0. The molecule has 0 amide bonds. The first kappa shape index (κ1) is 23.2. The zero-order chi connectivity index (χ0) is 26.9. The van der Waals surface area contributed by atoms with Gasteiger partial charge in [0.25, 0.3) is 0 Å². The molecule has 9 rings (SSSR count). The van der Waals surface area contributed by atoms with Crippen LogP contribution in [-0.4, -0.2) is 4.57 Å². The Bertz CT molecular complexity index is 2300. The first-order valence-corrected chi connectivity index (χ1v) is 15.5. The Morgan fingerprint density at radius 1 is 0.463 bits per heavy atom. The van der Waals surface area contributed by atoms with Crippen molar-refractivity contribution in [3.8, 4) is 39.2 Å². The molecule has 8 aromatic rings. The molecular formula is C38H23NS2. The molecular weight excluding hydrogens is 535 g/mol. The third-order valence-corrected chi connectivity index (χ3v) is 10.5. The summed E-state index contributed by atoms with van der Waals surface area (Å²) in [6, 6.07) is 51.2. The van der Waals surface area contributed by atoms with Crippen LogP contribution >= 0.6 is 23.1 Å². The Balaban J connectivity index is 1.32. The highest BCUT2D eigenvalue weighted by Gasteiger charge is 2.27. The highest BCUT2D eigenvalue weighted by Crippen LogP contribution is 2.52. The van der Waals surface area contributed by atoms with E-state index in [0.29, 0.717) is 0 Å². The summed E-state index contributed by atoms with van der Waals surface area (Å²) in [5.74, 6) is 0. The number of hydrogen-bond donors (Lipinski definition) is 0. The molecule has 0 unspecified atom stereocenters. The molecule has 3 heteroatoms. The number of nitrogens with zero attached hydrogens (tertiary/aromatic N) is 1. The second kappa shape index (κ2) is 8.97. The average molecular weight is 558 g/mol. The number of hydrogen-bond acceptors (Lipinski definition) is 2. The van der Waals surface area contributed by atoms with Crippen molar-refractivity contribution < 1.29 is 0 Å². The monoisotopic (exact) mass is 557 g/mol. The second-order valence-electron chi connectivity index (χ2n) is 10.5. The SMILES string of the molecule is c1cc(-c2ccc3sc4ccccc4c3c2)cc(-n2c3c(c4ccccc42)-c2ccccc2Sc2ccccc2-3)c1. The number of fused-ring (bicyclic) bond motifs is 10. The van der Waals surface area contributed by atoms with E-state index in [-0.39, 0.29) is 0 Å². The third kappa shape index (κ3) is 3.50. The Kier molecular flexibility index (Phi) is 5.07. The Morgan fingerprint density at radius 3 is 2.05 bits per heavy atom. The third-order valence-electron chi connectivity index (χ3n) is 8.21. The molecule has 1 aliphatic heterocycles. The molecule has 2 aromatic heterocycles. The van der Waals surface area contributed by atoms with E-state index in [4.69, 9.17) is 0 Å². The lowest BCUT2D eigenvalue weighted by Crippen LogP contribution is -1.98. The highest BCUT2D eigenvalue weighted by atomic mass is 32.2. The van der Waals surface area contributed by atoms with E-state index in [0.717, 1.165) is 0 Å². The maximum Gasteiger partial charge on any atom is 0.0631 e. The van der Waals surface area contributed by atoms with E-state index < -0.39 is 0 Å². The zero-order valence-electron chi connectivity index (χ0n) is 22.0. The molecule has 0 atom stereocenters. The minimum atomic E-state index is 1.18. The van der Waals surface area contributed by atoms with Crippen LogP contribution in [0.25, 0.3) is 70.3 Å². The number of para-hydroxylation sites is 1. The Morgan fingerprint density at radius 2 is 1.15 bits per heavy atom. The molecule has 1 nitrogen and oxygen atoms in total. The molecule has 0 aliphatic carbocycles. The number of benzene rings is 6. The first-order chi connectivity index (χ1) is 20.3. The van der Waals surface area contributed by atoms with Crippen LogP contribution in [0, 0.1) is 0 Å². The topological polar surface area (TPSA) is 4.93 Å². The van der Waals surface area contributed by atoms with Crippen molar-refractivity contribution in [2.24, 2.45) is 0 Å². The molecule has 1 aliphatic rings. The van der Waals surface area contributed by atoms with Gasteiger partial charge in [0.1, 0.15) is 0 Å². The predicted octanol–water partition coefficient (Wildman–Crippen LogP) is 11.5. The van der Waals surface area contributed by atoms with Gasteiger partial charge < -0.3 is 4.57 Å². The van der Waals surface area contributed by atoms with Gasteiger partial charge in [-0.3, -0.25) is 0 Å². The van der Waals surface area contributed by atoms with E-state index in [1.165, 1.54) is 80.1 Å². The van der Waals surface area contributed by atoms with Crippen LogP contribution in [0.4, 0.5) is 0 Å². The van der Waals surface area contributed by atoms with Crippen LogP contribution in [0.1, 0.15) is 0 Å². The largest absolute Gasteiger partial charge is 0.309 e. The number of aromatic nitrogens is 1. The van der Waals surface area contributed by atoms with Crippen LogP contribution in [0.5, 0.6) is 0 Å². The van der Waals surface area contributed by atoms with Gasteiger partial charge in [-0.1, -0.05) is 103 Å². The molecule has 0 radical (unpaired) electrons. The lowest BCUT2D eigenvalue weighted by molar-refractivity contribution is 1.13. The summed E-state index contributed by atoms with van der Waals surface area (Å²) in [5.41, 5.74) is 10.0. The summed E-state index contributed by atoms with van der Waals surface area (Å²) >= 11 is 3.73. The van der Waals surface area contributed by atoms with Gasteiger partial charge in [0.2, 0.25) is 0 Å². The molecule has 0 spiro atoms. The fourth-order valence-corrected chi connectivity index (χ4v) is 8.57. The maximum absolute atomic E-state index is 2.48. The fourth-order valence-electron chi connectivity index (χ4n) is 6.40. The number of rotatable bonds is 2. The van der Waals surface area contributed by atoms with Gasteiger partial charge >= 0.3 is 0 Å². The van der Waals surface area contributed by atoms with Crippen LogP contribution < -0.4 is 0 Å². The van der Waals surface area contributed by atoms with Gasteiger partial charge in [-0.2, -0.15) is 0 Å².